The van der Waals surface area contributed by atoms with E-state index >= 15 is 0 Å². The van der Waals surface area contributed by atoms with Gasteiger partial charge in [0.2, 0.25) is 0 Å². The first kappa shape index (κ1) is 14.7. The van der Waals surface area contributed by atoms with Crippen molar-refractivity contribution < 1.29 is 14.8 Å². The van der Waals surface area contributed by atoms with Gasteiger partial charge in [-0.2, -0.15) is 0 Å². The molecule has 1 N–H and O–H groups in total. The SMILES string of the molecule is CSc1ccc(Oc2ccc([N+](=O)[O-])cc2Br)cc1O. The molecule has 20 heavy (non-hydrogen) atoms. The Morgan fingerprint density at radius 3 is 2.60 bits per heavy atom. The second-order valence-electron chi connectivity index (χ2n) is 3.81. The van der Waals surface area contributed by atoms with Gasteiger partial charge in [0.05, 0.1) is 9.40 Å². The third-order valence-electron chi connectivity index (χ3n) is 2.50. The van der Waals surface area contributed by atoms with Crippen molar-refractivity contribution >= 4 is 33.4 Å². The second-order valence-corrected chi connectivity index (χ2v) is 5.51. The Bertz CT molecular complexity index is 663. The lowest BCUT2D eigenvalue weighted by atomic mass is 10.3. The van der Waals surface area contributed by atoms with Crippen LogP contribution in [-0.4, -0.2) is 16.3 Å². The molecule has 2 aromatic rings. The van der Waals surface area contributed by atoms with Crippen molar-refractivity contribution in [1.82, 2.24) is 0 Å². The van der Waals surface area contributed by atoms with E-state index in [0.29, 0.717) is 16.0 Å². The molecule has 2 aromatic carbocycles. The molecule has 0 bridgehead atoms. The van der Waals surface area contributed by atoms with Gasteiger partial charge in [0.15, 0.2) is 0 Å². The smallest absolute Gasteiger partial charge is 0.270 e. The Kier molecular flexibility index (Phi) is 4.51. The molecule has 0 aliphatic rings. The summed E-state index contributed by atoms with van der Waals surface area (Å²) in [5.41, 5.74) is -0.0233. The molecule has 0 aromatic heterocycles. The van der Waals surface area contributed by atoms with Crippen LogP contribution in [0.3, 0.4) is 0 Å². The van der Waals surface area contributed by atoms with Gasteiger partial charge in [-0.15, -0.1) is 11.8 Å². The zero-order valence-electron chi connectivity index (χ0n) is 10.4. The number of hydrogen-bond donors (Lipinski definition) is 1. The van der Waals surface area contributed by atoms with Crippen molar-refractivity contribution in [3.8, 4) is 17.2 Å². The van der Waals surface area contributed by atoms with Crippen LogP contribution in [0.5, 0.6) is 17.2 Å². The lowest BCUT2D eigenvalue weighted by Crippen LogP contribution is -1.90. The summed E-state index contributed by atoms with van der Waals surface area (Å²) in [4.78, 5) is 10.9. The molecule has 0 saturated carbocycles. The summed E-state index contributed by atoms with van der Waals surface area (Å²) in [7, 11) is 0. The molecule has 0 amide bonds. The minimum Gasteiger partial charge on any atom is -0.507 e. The van der Waals surface area contributed by atoms with Crippen LogP contribution in [0.15, 0.2) is 45.8 Å². The van der Waals surface area contributed by atoms with E-state index < -0.39 is 4.92 Å². The second kappa shape index (κ2) is 6.15. The van der Waals surface area contributed by atoms with Gasteiger partial charge in [0, 0.05) is 23.1 Å². The summed E-state index contributed by atoms with van der Waals surface area (Å²) >= 11 is 4.65. The van der Waals surface area contributed by atoms with Crippen LogP contribution < -0.4 is 4.74 Å². The normalized spacial score (nSPS) is 10.3. The Balaban J connectivity index is 2.26. The highest BCUT2D eigenvalue weighted by Gasteiger charge is 2.11. The third-order valence-corrected chi connectivity index (χ3v) is 3.91. The fourth-order valence-electron chi connectivity index (χ4n) is 1.55. The highest BCUT2D eigenvalue weighted by molar-refractivity contribution is 9.10. The number of nitro groups is 1. The highest BCUT2D eigenvalue weighted by Crippen LogP contribution is 2.36. The number of halogens is 1. The van der Waals surface area contributed by atoms with Crippen molar-refractivity contribution in [2.24, 2.45) is 0 Å². The first-order chi connectivity index (χ1) is 9.51. The van der Waals surface area contributed by atoms with Crippen molar-refractivity contribution in [3.63, 3.8) is 0 Å². The van der Waals surface area contributed by atoms with Gasteiger partial charge in [0.25, 0.3) is 5.69 Å². The molecule has 0 saturated heterocycles. The van der Waals surface area contributed by atoms with E-state index in [0.717, 1.165) is 4.90 Å². The molecule has 0 spiro atoms. The van der Waals surface area contributed by atoms with Gasteiger partial charge >= 0.3 is 0 Å². The van der Waals surface area contributed by atoms with Crippen LogP contribution in [0, 0.1) is 10.1 Å². The predicted molar refractivity (Wildman–Crippen MR) is 80.8 cm³/mol. The maximum Gasteiger partial charge on any atom is 0.270 e. The summed E-state index contributed by atoms with van der Waals surface area (Å²) in [6.07, 6.45) is 1.86. The largest absolute Gasteiger partial charge is 0.507 e. The monoisotopic (exact) mass is 355 g/mol. The van der Waals surface area contributed by atoms with Crippen LogP contribution in [0.4, 0.5) is 5.69 Å². The van der Waals surface area contributed by atoms with Crippen molar-refractivity contribution in [2.75, 3.05) is 6.26 Å². The molecule has 0 heterocycles. The molecule has 7 heteroatoms. The Hall–Kier alpha value is -1.73. The fourth-order valence-corrected chi connectivity index (χ4v) is 2.47. The van der Waals surface area contributed by atoms with Gasteiger partial charge in [0.1, 0.15) is 17.2 Å². The molecule has 5 nitrogen and oxygen atoms in total. The maximum atomic E-state index is 10.6. The summed E-state index contributed by atoms with van der Waals surface area (Å²) in [5, 5.41) is 20.4. The molecule has 0 aliphatic heterocycles. The quantitative estimate of drug-likeness (QED) is 0.493. The number of non-ortho nitro benzene ring substituents is 1. The first-order valence-corrected chi connectivity index (χ1v) is 7.52. The number of hydrogen-bond acceptors (Lipinski definition) is 5. The predicted octanol–water partition coefficient (Wildman–Crippen LogP) is 4.58. The molecule has 104 valence electrons. The molecule has 0 atom stereocenters. The third kappa shape index (κ3) is 3.23. The maximum absolute atomic E-state index is 10.6. The number of thioether (sulfide) groups is 1. The first-order valence-electron chi connectivity index (χ1n) is 5.50. The minimum absolute atomic E-state index is 0.0233. The van der Waals surface area contributed by atoms with Crippen LogP contribution in [0.25, 0.3) is 0 Å². The van der Waals surface area contributed by atoms with E-state index in [4.69, 9.17) is 4.74 Å². The van der Waals surface area contributed by atoms with Gasteiger partial charge in [-0.25, -0.2) is 0 Å². The molecular formula is C13H10BrNO4S. The molecular weight excluding hydrogens is 346 g/mol. The zero-order valence-corrected chi connectivity index (χ0v) is 12.8. The zero-order chi connectivity index (χ0) is 14.7. The van der Waals surface area contributed by atoms with Crippen molar-refractivity contribution in [2.45, 2.75) is 4.90 Å². The number of nitro benzene ring substituents is 1. The van der Waals surface area contributed by atoms with Crippen LogP contribution >= 0.6 is 27.7 Å². The van der Waals surface area contributed by atoms with Gasteiger partial charge < -0.3 is 9.84 Å². The van der Waals surface area contributed by atoms with E-state index in [2.05, 4.69) is 15.9 Å². The summed E-state index contributed by atoms with van der Waals surface area (Å²) in [6, 6.07) is 9.19. The van der Waals surface area contributed by atoms with Gasteiger partial charge in [-0.1, -0.05) is 0 Å². The van der Waals surface area contributed by atoms with E-state index in [-0.39, 0.29) is 11.4 Å². The Morgan fingerprint density at radius 2 is 2.05 bits per heavy atom. The standard InChI is InChI=1S/C13H10BrNO4S/c1-20-13-5-3-9(7-11(13)16)19-12-4-2-8(15(17)18)6-10(12)14/h2-7,16H,1H3. The van der Waals surface area contributed by atoms with E-state index in [1.807, 2.05) is 6.26 Å². The summed E-state index contributed by atoms with van der Waals surface area (Å²) in [6.45, 7) is 0. The number of nitrogens with zero attached hydrogens (tertiary/aromatic N) is 1. The Morgan fingerprint density at radius 1 is 1.30 bits per heavy atom. The van der Waals surface area contributed by atoms with E-state index in [1.54, 1.807) is 12.1 Å². The number of aromatic hydroxyl groups is 1. The number of benzene rings is 2. The molecule has 0 fully saturated rings. The number of phenols is 1. The minimum atomic E-state index is -0.479. The van der Waals surface area contributed by atoms with Crippen LogP contribution in [0.1, 0.15) is 0 Å². The molecule has 0 aliphatic carbocycles. The molecule has 0 unspecified atom stereocenters. The lowest BCUT2D eigenvalue weighted by Gasteiger charge is -2.09. The Labute approximate surface area is 127 Å². The van der Waals surface area contributed by atoms with Gasteiger partial charge in [-0.05, 0) is 40.4 Å². The number of ether oxygens (including phenoxy) is 1. The van der Waals surface area contributed by atoms with Crippen LogP contribution in [-0.2, 0) is 0 Å². The average Bonchev–Trinajstić information content (AvgIpc) is 2.41. The molecule has 2 rings (SSSR count). The average molecular weight is 356 g/mol. The van der Waals surface area contributed by atoms with E-state index in [9.17, 15) is 15.2 Å². The number of rotatable bonds is 4. The summed E-state index contributed by atoms with van der Waals surface area (Å²) in [5.74, 6) is 1.02. The van der Waals surface area contributed by atoms with Gasteiger partial charge in [-0.3, -0.25) is 10.1 Å². The highest BCUT2D eigenvalue weighted by atomic mass is 79.9. The molecule has 0 radical (unpaired) electrons. The fraction of sp³-hybridized carbons (Fsp3) is 0.0769. The van der Waals surface area contributed by atoms with E-state index in [1.165, 1.54) is 36.0 Å². The van der Waals surface area contributed by atoms with Crippen molar-refractivity contribution in [3.05, 3.63) is 51.0 Å². The number of phenolic OH excluding ortho intramolecular Hbond substituents is 1. The topological polar surface area (TPSA) is 72.6 Å². The van der Waals surface area contributed by atoms with Crippen molar-refractivity contribution in [1.29, 1.82) is 0 Å². The van der Waals surface area contributed by atoms with Crippen LogP contribution in [0.2, 0.25) is 0 Å². The summed E-state index contributed by atoms with van der Waals surface area (Å²) < 4.78 is 6.06. The lowest BCUT2D eigenvalue weighted by molar-refractivity contribution is -0.384.